The van der Waals surface area contributed by atoms with Gasteiger partial charge in [0.05, 0.1) is 11.1 Å². The van der Waals surface area contributed by atoms with E-state index in [0.29, 0.717) is 27.0 Å². The molecule has 4 aromatic heterocycles. The molecule has 0 radical (unpaired) electrons. The average Bonchev–Trinajstić information content (AvgIpc) is 3.32. The normalized spacial score (nSPS) is 12.0. The van der Waals surface area contributed by atoms with Crippen molar-refractivity contribution >= 4 is 33.3 Å². The highest BCUT2D eigenvalue weighted by Gasteiger charge is 2.31. The molecule has 9 nitrogen and oxygen atoms in total. The summed E-state index contributed by atoms with van der Waals surface area (Å²) in [5, 5.41) is 9.59. The number of nitrogens with zero attached hydrogens (tertiary/aromatic N) is 5. The molecular weight excluding hydrogens is 427 g/mol. The second-order valence-corrected chi connectivity index (χ2v) is 7.21. The van der Waals surface area contributed by atoms with Gasteiger partial charge >= 0.3 is 12.1 Å². The summed E-state index contributed by atoms with van der Waals surface area (Å²) in [7, 11) is 1.53. The number of aromatic nitrogens is 5. The Bertz CT molecular complexity index is 1400. The Labute approximate surface area is 168 Å². The first kappa shape index (κ1) is 19.8. The third-order valence-corrected chi connectivity index (χ3v) is 5.26. The van der Waals surface area contributed by atoms with Gasteiger partial charge in [-0.1, -0.05) is 0 Å². The van der Waals surface area contributed by atoms with Crippen LogP contribution in [0.1, 0.15) is 11.4 Å². The van der Waals surface area contributed by atoms with Crippen molar-refractivity contribution in [1.29, 1.82) is 0 Å². The van der Waals surface area contributed by atoms with Gasteiger partial charge in [0.2, 0.25) is 5.78 Å². The van der Waals surface area contributed by atoms with E-state index in [0.717, 1.165) is 6.07 Å². The number of hydrogen-bond acceptors (Lipinski definition) is 7. The number of hydrogen-bond donors (Lipinski definition) is 0. The summed E-state index contributed by atoms with van der Waals surface area (Å²) >= 11 is 1.24. The second-order valence-electron chi connectivity index (χ2n) is 6.29. The molecule has 30 heavy (non-hydrogen) atoms. The minimum atomic E-state index is -4.65. The van der Waals surface area contributed by atoms with Gasteiger partial charge in [0, 0.05) is 19.3 Å². The lowest BCUT2D eigenvalue weighted by molar-refractivity contribution is -0.146. The minimum Gasteiger partial charge on any atom is -0.456 e. The van der Waals surface area contributed by atoms with Crippen LogP contribution in [0.2, 0.25) is 0 Å². The van der Waals surface area contributed by atoms with Gasteiger partial charge in [-0.2, -0.15) is 13.2 Å². The van der Waals surface area contributed by atoms with Crippen molar-refractivity contribution in [3.8, 4) is 0 Å². The SMILES string of the molecule is Cn1c(=O)c2sccc2n2c(COC(=O)Cn3cc(C(F)(F)F)ccc3=O)nnc12. The molecule has 0 saturated carbocycles. The van der Waals surface area contributed by atoms with Crippen LogP contribution >= 0.6 is 11.3 Å². The molecule has 0 aromatic carbocycles. The molecule has 0 aliphatic rings. The highest BCUT2D eigenvalue weighted by atomic mass is 32.1. The van der Waals surface area contributed by atoms with Gasteiger partial charge in [-0.15, -0.1) is 21.5 Å². The highest BCUT2D eigenvalue weighted by molar-refractivity contribution is 7.17. The van der Waals surface area contributed by atoms with Crippen LogP contribution < -0.4 is 11.1 Å². The first-order valence-electron chi connectivity index (χ1n) is 8.40. The zero-order valence-electron chi connectivity index (χ0n) is 15.2. The van der Waals surface area contributed by atoms with E-state index >= 15 is 0 Å². The summed E-state index contributed by atoms with van der Waals surface area (Å²) in [6.07, 6.45) is -4.09. The van der Waals surface area contributed by atoms with Crippen LogP contribution in [0, 0.1) is 0 Å². The third kappa shape index (κ3) is 3.36. The molecular formula is C17H12F3N5O4S. The second kappa shape index (κ2) is 7.09. The van der Waals surface area contributed by atoms with Crippen molar-refractivity contribution in [2.24, 2.45) is 7.05 Å². The number of ether oxygens (including phenoxy) is 1. The predicted octanol–water partition coefficient (Wildman–Crippen LogP) is 1.57. The van der Waals surface area contributed by atoms with E-state index in [1.54, 1.807) is 15.8 Å². The van der Waals surface area contributed by atoms with Crippen LogP contribution in [0.3, 0.4) is 0 Å². The molecule has 0 spiro atoms. The third-order valence-electron chi connectivity index (χ3n) is 4.37. The average molecular weight is 439 g/mol. The van der Waals surface area contributed by atoms with E-state index in [1.807, 2.05) is 0 Å². The van der Waals surface area contributed by atoms with Crippen molar-refractivity contribution in [1.82, 2.24) is 23.7 Å². The van der Waals surface area contributed by atoms with E-state index in [-0.39, 0.29) is 23.8 Å². The molecule has 13 heteroatoms. The molecule has 4 heterocycles. The van der Waals surface area contributed by atoms with Crippen LogP contribution in [0.5, 0.6) is 0 Å². The van der Waals surface area contributed by atoms with Crippen molar-refractivity contribution in [3.05, 3.63) is 61.9 Å². The summed E-state index contributed by atoms with van der Waals surface area (Å²) in [6, 6.07) is 3.07. The number of carbonyl (C=O) groups excluding carboxylic acids is 1. The lowest BCUT2D eigenvalue weighted by atomic mass is 10.3. The molecule has 0 saturated heterocycles. The molecule has 0 bridgehead atoms. The number of aryl methyl sites for hydroxylation is 1. The smallest absolute Gasteiger partial charge is 0.417 e. The number of pyridine rings is 1. The van der Waals surface area contributed by atoms with Gasteiger partial charge in [0.25, 0.3) is 11.1 Å². The zero-order chi connectivity index (χ0) is 21.6. The molecule has 156 valence electrons. The molecule has 0 fully saturated rings. The van der Waals surface area contributed by atoms with Crippen molar-refractivity contribution in [2.75, 3.05) is 0 Å². The van der Waals surface area contributed by atoms with Crippen molar-refractivity contribution in [3.63, 3.8) is 0 Å². The molecule has 0 amide bonds. The molecule has 0 N–H and O–H groups in total. The summed E-state index contributed by atoms with van der Waals surface area (Å²) in [6.45, 7) is -1.05. The van der Waals surface area contributed by atoms with Crippen LogP contribution in [0.25, 0.3) is 16.0 Å². The summed E-state index contributed by atoms with van der Waals surface area (Å²) in [4.78, 5) is 36.2. The summed E-state index contributed by atoms with van der Waals surface area (Å²) in [5.41, 5.74) is -1.53. The number of alkyl halides is 3. The van der Waals surface area contributed by atoms with E-state index in [1.165, 1.54) is 23.0 Å². The largest absolute Gasteiger partial charge is 0.456 e. The Hall–Kier alpha value is -3.48. The monoisotopic (exact) mass is 439 g/mol. The van der Waals surface area contributed by atoms with Gasteiger partial charge in [-0.3, -0.25) is 23.4 Å². The maximum Gasteiger partial charge on any atom is 0.417 e. The van der Waals surface area contributed by atoms with Crippen LogP contribution in [0.15, 0.2) is 39.4 Å². The Morgan fingerprint density at radius 1 is 1.20 bits per heavy atom. The zero-order valence-corrected chi connectivity index (χ0v) is 16.0. The van der Waals surface area contributed by atoms with Gasteiger partial charge in [-0.05, 0) is 17.5 Å². The Morgan fingerprint density at radius 3 is 2.70 bits per heavy atom. The number of thiophene rings is 1. The topological polar surface area (TPSA) is 100 Å². The Morgan fingerprint density at radius 2 is 1.97 bits per heavy atom. The van der Waals surface area contributed by atoms with E-state index in [4.69, 9.17) is 4.74 Å². The fourth-order valence-corrected chi connectivity index (χ4v) is 3.75. The van der Waals surface area contributed by atoms with Gasteiger partial charge in [0.15, 0.2) is 12.4 Å². The van der Waals surface area contributed by atoms with Crippen molar-refractivity contribution < 1.29 is 22.7 Å². The van der Waals surface area contributed by atoms with E-state index in [2.05, 4.69) is 10.2 Å². The number of rotatable bonds is 4. The first-order chi connectivity index (χ1) is 14.2. The van der Waals surface area contributed by atoms with E-state index < -0.39 is 29.8 Å². The number of fused-ring (bicyclic) bond motifs is 3. The number of carbonyl (C=O) groups is 1. The molecule has 4 rings (SSSR count). The molecule has 0 unspecified atom stereocenters. The molecule has 0 aliphatic heterocycles. The van der Waals surface area contributed by atoms with Gasteiger partial charge in [-0.25, -0.2) is 0 Å². The lowest BCUT2D eigenvalue weighted by Crippen LogP contribution is -2.26. The number of halogens is 3. The molecule has 4 aromatic rings. The van der Waals surface area contributed by atoms with Crippen LogP contribution in [0.4, 0.5) is 13.2 Å². The highest BCUT2D eigenvalue weighted by Crippen LogP contribution is 2.28. The van der Waals surface area contributed by atoms with E-state index in [9.17, 15) is 27.6 Å². The molecule has 0 aliphatic carbocycles. The minimum absolute atomic E-state index is 0.216. The summed E-state index contributed by atoms with van der Waals surface area (Å²) < 4.78 is 47.5. The Balaban J connectivity index is 1.58. The quantitative estimate of drug-likeness (QED) is 0.448. The first-order valence-corrected chi connectivity index (χ1v) is 9.28. The fourth-order valence-electron chi connectivity index (χ4n) is 2.90. The fraction of sp³-hybridized carbons (Fsp3) is 0.235. The molecule has 0 atom stereocenters. The van der Waals surface area contributed by atoms with Crippen LogP contribution in [-0.2, 0) is 35.9 Å². The van der Waals surface area contributed by atoms with Crippen molar-refractivity contribution in [2.45, 2.75) is 19.3 Å². The predicted molar refractivity (Wildman–Crippen MR) is 99.1 cm³/mol. The summed E-state index contributed by atoms with van der Waals surface area (Å²) in [5.74, 6) is -0.473. The van der Waals surface area contributed by atoms with Crippen LogP contribution in [-0.4, -0.2) is 29.7 Å². The number of esters is 1. The maximum absolute atomic E-state index is 12.8. The van der Waals surface area contributed by atoms with Gasteiger partial charge in [0.1, 0.15) is 11.2 Å². The lowest BCUT2D eigenvalue weighted by Gasteiger charge is -2.10. The standard InChI is InChI=1S/C17H12F3N5O4S/c1-23-15(28)14-10(4-5-30-14)25-11(21-22-16(23)25)8-29-13(27)7-24-6-9(17(18,19)20)2-3-12(24)26/h2-6H,7-8H2,1H3. The maximum atomic E-state index is 12.8. The van der Waals surface area contributed by atoms with Gasteiger partial charge < -0.3 is 9.30 Å². The Kier molecular flexibility index (Phi) is 4.68.